The van der Waals surface area contributed by atoms with Crippen LogP contribution in [-0.2, 0) is 11.2 Å². The minimum absolute atomic E-state index is 0.0958. The molecule has 2 aromatic rings. The Balaban J connectivity index is 1.86. The van der Waals surface area contributed by atoms with E-state index in [0.29, 0.717) is 12.2 Å². The fraction of sp³-hybridized carbons (Fsp3) is 0.111. The predicted molar refractivity (Wildman–Crippen MR) is 95.7 cm³/mol. The number of rotatable bonds is 7. The van der Waals surface area contributed by atoms with E-state index in [9.17, 15) is 4.79 Å². The zero-order chi connectivity index (χ0) is 16.5. The van der Waals surface area contributed by atoms with Gasteiger partial charge in [0.1, 0.15) is 5.75 Å². The summed E-state index contributed by atoms with van der Waals surface area (Å²) in [5.74, 6) is 0.360. The summed E-state index contributed by atoms with van der Waals surface area (Å²) >= 11 is 3.41. The number of benzene rings is 2. The molecule has 0 aliphatic carbocycles. The SMILES string of the molecule is C=CCc1ccccc1OCC(=O)N/N=C\c1ccccc1Br. The van der Waals surface area contributed by atoms with Gasteiger partial charge in [-0.1, -0.05) is 58.4 Å². The van der Waals surface area contributed by atoms with Gasteiger partial charge in [-0.15, -0.1) is 6.58 Å². The minimum Gasteiger partial charge on any atom is -0.483 e. The molecule has 0 saturated carbocycles. The maximum Gasteiger partial charge on any atom is 0.277 e. The van der Waals surface area contributed by atoms with Gasteiger partial charge in [0.2, 0.25) is 0 Å². The highest BCUT2D eigenvalue weighted by Gasteiger charge is 2.05. The summed E-state index contributed by atoms with van der Waals surface area (Å²) < 4.78 is 6.44. The van der Waals surface area contributed by atoms with Crippen LogP contribution >= 0.6 is 15.9 Å². The van der Waals surface area contributed by atoms with Crippen molar-refractivity contribution in [1.29, 1.82) is 0 Å². The number of nitrogens with zero attached hydrogens (tertiary/aromatic N) is 1. The van der Waals surface area contributed by atoms with Crippen LogP contribution in [0.25, 0.3) is 0 Å². The summed E-state index contributed by atoms with van der Waals surface area (Å²) in [5, 5.41) is 3.92. The van der Waals surface area contributed by atoms with Crippen molar-refractivity contribution in [3.05, 3.63) is 76.8 Å². The summed E-state index contributed by atoms with van der Waals surface area (Å²) in [6.07, 6.45) is 4.07. The van der Waals surface area contributed by atoms with E-state index in [-0.39, 0.29) is 12.5 Å². The van der Waals surface area contributed by atoms with Crippen molar-refractivity contribution in [2.75, 3.05) is 6.61 Å². The van der Waals surface area contributed by atoms with E-state index >= 15 is 0 Å². The third-order valence-electron chi connectivity index (χ3n) is 2.99. The van der Waals surface area contributed by atoms with Gasteiger partial charge in [0.25, 0.3) is 5.91 Å². The number of para-hydroxylation sites is 1. The molecule has 0 bridgehead atoms. The second-order valence-corrected chi connectivity index (χ2v) is 5.56. The monoisotopic (exact) mass is 372 g/mol. The highest BCUT2D eigenvalue weighted by molar-refractivity contribution is 9.10. The van der Waals surface area contributed by atoms with Crippen molar-refractivity contribution in [3.63, 3.8) is 0 Å². The summed E-state index contributed by atoms with van der Waals surface area (Å²) in [5.41, 5.74) is 4.32. The molecular weight excluding hydrogens is 356 g/mol. The van der Waals surface area contributed by atoms with Gasteiger partial charge in [0.15, 0.2) is 6.61 Å². The lowest BCUT2D eigenvalue weighted by Gasteiger charge is -2.09. The highest BCUT2D eigenvalue weighted by atomic mass is 79.9. The van der Waals surface area contributed by atoms with Gasteiger partial charge in [-0.05, 0) is 24.1 Å². The lowest BCUT2D eigenvalue weighted by atomic mass is 10.1. The van der Waals surface area contributed by atoms with E-state index in [1.165, 1.54) is 0 Å². The molecule has 0 heterocycles. The lowest BCUT2D eigenvalue weighted by Crippen LogP contribution is -2.24. The Morgan fingerprint density at radius 3 is 2.74 bits per heavy atom. The molecule has 0 fully saturated rings. The molecule has 0 atom stereocenters. The summed E-state index contributed by atoms with van der Waals surface area (Å²) in [6.45, 7) is 3.62. The quantitative estimate of drug-likeness (QED) is 0.457. The van der Waals surface area contributed by atoms with E-state index < -0.39 is 0 Å². The molecule has 1 amide bonds. The predicted octanol–water partition coefficient (Wildman–Crippen LogP) is 3.71. The maximum absolute atomic E-state index is 11.8. The van der Waals surface area contributed by atoms with Crippen LogP contribution in [0.4, 0.5) is 0 Å². The van der Waals surface area contributed by atoms with Crippen LogP contribution in [-0.4, -0.2) is 18.7 Å². The van der Waals surface area contributed by atoms with Crippen molar-refractivity contribution >= 4 is 28.1 Å². The van der Waals surface area contributed by atoms with Crippen LogP contribution in [0.5, 0.6) is 5.75 Å². The van der Waals surface area contributed by atoms with Gasteiger partial charge in [-0.2, -0.15) is 5.10 Å². The van der Waals surface area contributed by atoms with Crippen molar-refractivity contribution in [2.45, 2.75) is 6.42 Å². The molecule has 5 heteroatoms. The Morgan fingerprint density at radius 1 is 1.22 bits per heavy atom. The van der Waals surface area contributed by atoms with Crippen LogP contribution in [0.1, 0.15) is 11.1 Å². The topological polar surface area (TPSA) is 50.7 Å². The first-order valence-corrected chi connectivity index (χ1v) is 7.88. The number of carbonyl (C=O) groups is 1. The molecule has 0 aromatic heterocycles. The summed E-state index contributed by atoms with van der Waals surface area (Å²) in [7, 11) is 0. The third kappa shape index (κ3) is 5.38. The first-order chi connectivity index (χ1) is 11.2. The van der Waals surface area contributed by atoms with Crippen molar-refractivity contribution in [1.82, 2.24) is 5.43 Å². The van der Waals surface area contributed by atoms with Crippen LogP contribution in [0.2, 0.25) is 0 Å². The van der Waals surface area contributed by atoms with Crippen molar-refractivity contribution < 1.29 is 9.53 Å². The standard InChI is InChI=1S/C18H17BrN2O2/c1-2-7-14-8-4-6-11-17(14)23-13-18(22)21-20-12-15-9-3-5-10-16(15)19/h2-6,8-12H,1,7,13H2,(H,21,22)/b20-12-. The Bertz CT molecular complexity index is 714. The van der Waals surface area contributed by atoms with Gasteiger partial charge in [-0.25, -0.2) is 5.43 Å². The molecule has 0 saturated heterocycles. The number of hydrogen-bond acceptors (Lipinski definition) is 3. The molecule has 118 valence electrons. The van der Waals surface area contributed by atoms with Crippen LogP contribution in [0.3, 0.4) is 0 Å². The number of carbonyl (C=O) groups excluding carboxylic acids is 1. The molecule has 2 aromatic carbocycles. The van der Waals surface area contributed by atoms with Crippen molar-refractivity contribution in [3.8, 4) is 5.75 Å². The lowest BCUT2D eigenvalue weighted by molar-refractivity contribution is -0.123. The van der Waals surface area contributed by atoms with Crippen LogP contribution in [0, 0.1) is 0 Å². The molecule has 0 aliphatic heterocycles. The van der Waals surface area contributed by atoms with Crippen LogP contribution in [0.15, 0.2) is 70.8 Å². The zero-order valence-corrected chi connectivity index (χ0v) is 14.1. The van der Waals surface area contributed by atoms with Gasteiger partial charge in [0.05, 0.1) is 6.21 Å². The molecule has 2 rings (SSSR count). The van der Waals surface area contributed by atoms with Crippen molar-refractivity contribution in [2.24, 2.45) is 5.10 Å². The molecule has 0 aliphatic rings. The fourth-order valence-corrected chi connectivity index (χ4v) is 2.29. The smallest absolute Gasteiger partial charge is 0.277 e. The summed E-state index contributed by atoms with van der Waals surface area (Å²) in [4.78, 5) is 11.8. The van der Waals surface area contributed by atoms with E-state index in [0.717, 1.165) is 15.6 Å². The van der Waals surface area contributed by atoms with Gasteiger partial charge >= 0.3 is 0 Å². The fourth-order valence-electron chi connectivity index (χ4n) is 1.90. The second-order valence-electron chi connectivity index (χ2n) is 4.70. The number of allylic oxidation sites excluding steroid dienone is 1. The number of ether oxygens (including phenoxy) is 1. The average molecular weight is 373 g/mol. The molecule has 1 N–H and O–H groups in total. The molecule has 0 unspecified atom stereocenters. The minimum atomic E-state index is -0.318. The number of halogens is 1. The van der Waals surface area contributed by atoms with E-state index in [2.05, 4.69) is 33.0 Å². The Kier molecular flexibility index (Phi) is 6.56. The number of nitrogens with one attached hydrogen (secondary N) is 1. The van der Waals surface area contributed by atoms with E-state index in [1.807, 2.05) is 48.5 Å². The summed E-state index contributed by atoms with van der Waals surface area (Å²) in [6, 6.07) is 15.2. The average Bonchev–Trinajstić information content (AvgIpc) is 2.56. The van der Waals surface area contributed by atoms with Gasteiger partial charge in [0, 0.05) is 10.0 Å². The zero-order valence-electron chi connectivity index (χ0n) is 12.5. The molecular formula is C18H17BrN2O2. The third-order valence-corrected chi connectivity index (χ3v) is 3.72. The Hall–Kier alpha value is -2.40. The number of amides is 1. The maximum atomic E-state index is 11.8. The largest absolute Gasteiger partial charge is 0.483 e. The Morgan fingerprint density at radius 2 is 1.96 bits per heavy atom. The normalized spacial score (nSPS) is 10.5. The van der Waals surface area contributed by atoms with E-state index in [4.69, 9.17) is 4.74 Å². The highest BCUT2D eigenvalue weighted by Crippen LogP contribution is 2.18. The number of hydrazone groups is 1. The number of hydrogen-bond donors (Lipinski definition) is 1. The van der Waals surface area contributed by atoms with E-state index in [1.54, 1.807) is 12.3 Å². The first-order valence-electron chi connectivity index (χ1n) is 7.08. The molecule has 4 nitrogen and oxygen atoms in total. The van der Waals surface area contributed by atoms with Gasteiger partial charge in [-0.3, -0.25) is 4.79 Å². The van der Waals surface area contributed by atoms with Crippen LogP contribution < -0.4 is 10.2 Å². The molecule has 0 radical (unpaired) electrons. The molecule has 0 spiro atoms. The second kappa shape index (κ2) is 8.90. The first kappa shape index (κ1) is 17.0. The molecule has 23 heavy (non-hydrogen) atoms. The van der Waals surface area contributed by atoms with Gasteiger partial charge < -0.3 is 4.74 Å². The Labute approximate surface area is 144 Å².